The Bertz CT molecular complexity index is 643. The first-order valence-corrected chi connectivity index (χ1v) is 8.35. The Morgan fingerprint density at radius 2 is 1.95 bits per heavy atom. The van der Waals surface area contributed by atoms with Gasteiger partial charge in [0.1, 0.15) is 0 Å². The van der Waals surface area contributed by atoms with Crippen molar-refractivity contribution in [3.63, 3.8) is 0 Å². The average molecular weight is 344 g/mol. The van der Waals surface area contributed by atoms with E-state index in [9.17, 15) is 0 Å². The maximum atomic E-state index is 6.15. The molecular weight excluding hydrogens is 326 g/mol. The first kappa shape index (κ1) is 13.4. The summed E-state index contributed by atoms with van der Waals surface area (Å²) >= 11 is 3.58. The maximum absolute atomic E-state index is 6.15. The van der Waals surface area contributed by atoms with Crippen LogP contribution in [0.25, 0.3) is 0 Å². The molecule has 0 aliphatic carbocycles. The van der Waals surface area contributed by atoms with Gasteiger partial charge in [0.05, 0.1) is 12.1 Å². The van der Waals surface area contributed by atoms with Gasteiger partial charge in [-0.2, -0.15) is 0 Å². The van der Waals surface area contributed by atoms with E-state index >= 15 is 0 Å². The van der Waals surface area contributed by atoms with Crippen LogP contribution in [0, 0.1) is 5.92 Å². The topological polar surface area (TPSA) is 21.3 Å². The molecule has 2 aromatic carbocycles. The quantitative estimate of drug-likeness (QED) is 0.779. The van der Waals surface area contributed by atoms with E-state index < -0.39 is 0 Å². The smallest absolute Gasteiger partial charge is 0.0896 e. The molecule has 2 aromatic rings. The van der Waals surface area contributed by atoms with Crippen molar-refractivity contribution in [3.05, 3.63) is 64.1 Å². The Labute approximate surface area is 133 Å². The van der Waals surface area contributed by atoms with Crippen LogP contribution in [0.1, 0.15) is 36.1 Å². The summed E-state index contributed by atoms with van der Waals surface area (Å²) in [6.45, 7) is 0.870. The number of anilines is 1. The minimum atomic E-state index is 0.206. The third-order valence-corrected chi connectivity index (χ3v) is 5.08. The second kappa shape index (κ2) is 5.47. The molecule has 3 heteroatoms. The van der Waals surface area contributed by atoms with Crippen molar-refractivity contribution in [2.24, 2.45) is 5.92 Å². The van der Waals surface area contributed by atoms with Crippen LogP contribution in [-0.4, -0.2) is 6.61 Å². The molecular formula is C18H18BrNO. The molecule has 0 amide bonds. The van der Waals surface area contributed by atoms with Crippen molar-refractivity contribution in [2.75, 3.05) is 11.9 Å². The van der Waals surface area contributed by atoms with Crippen molar-refractivity contribution >= 4 is 21.6 Å². The molecule has 21 heavy (non-hydrogen) atoms. The molecule has 1 N–H and O–H groups in total. The van der Waals surface area contributed by atoms with Gasteiger partial charge in [-0.05, 0) is 36.6 Å². The van der Waals surface area contributed by atoms with Crippen LogP contribution in [0.5, 0.6) is 0 Å². The number of fused-ring (bicyclic) bond motifs is 3. The lowest BCUT2D eigenvalue weighted by molar-refractivity contribution is -0.0381. The van der Waals surface area contributed by atoms with Gasteiger partial charge in [0.2, 0.25) is 0 Å². The predicted octanol–water partition coefficient (Wildman–Crippen LogP) is 5.08. The zero-order chi connectivity index (χ0) is 14.2. The number of hydrogen-bond acceptors (Lipinski definition) is 2. The van der Waals surface area contributed by atoms with Crippen LogP contribution >= 0.6 is 15.9 Å². The second-order valence-electron chi connectivity index (χ2n) is 5.86. The zero-order valence-corrected chi connectivity index (χ0v) is 13.3. The van der Waals surface area contributed by atoms with Gasteiger partial charge in [-0.1, -0.05) is 46.3 Å². The number of benzene rings is 2. The van der Waals surface area contributed by atoms with E-state index in [1.54, 1.807) is 0 Å². The number of ether oxygens (including phenoxy) is 1. The van der Waals surface area contributed by atoms with Crippen LogP contribution in [0.2, 0.25) is 0 Å². The molecule has 0 saturated carbocycles. The number of halogens is 1. The van der Waals surface area contributed by atoms with E-state index in [0.717, 1.165) is 17.5 Å². The highest BCUT2D eigenvalue weighted by atomic mass is 79.9. The Kier molecular flexibility index (Phi) is 3.48. The highest BCUT2D eigenvalue weighted by Gasteiger charge is 2.39. The summed E-state index contributed by atoms with van der Waals surface area (Å²) in [5, 5.41) is 3.74. The van der Waals surface area contributed by atoms with Gasteiger partial charge in [-0.15, -0.1) is 0 Å². The third kappa shape index (κ3) is 2.39. The summed E-state index contributed by atoms with van der Waals surface area (Å²) in [5.74, 6) is 0.503. The Morgan fingerprint density at radius 1 is 1.10 bits per heavy atom. The molecule has 1 saturated heterocycles. The maximum Gasteiger partial charge on any atom is 0.0896 e. The average Bonchev–Trinajstić information content (AvgIpc) is 2.55. The van der Waals surface area contributed by atoms with Gasteiger partial charge in [-0.3, -0.25) is 0 Å². The van der Waals surface area contributed by atoms with Gasteiger partial charge in [0.25, 0.3) is 0 Å². The van der Waals surface area contributed by atoms with E-state index in [1.165, 1.54) is 23.2 Å². The SMILES string of the molecule is Brc1ccc2c(c1)C1OCCCC1C(c1ccccc1)N2. The molecule has 108 valence electrons. The second-order valence-corrected chi connectivity index (χ2v) is 6.78. The highest BCUT2D eigenvalue weighted by molar-refractivity contribution is 9.10. The molecule has 2 nitrogen and oxygen atoms in total. The zero-order valence-electron chi connectivity index (χ0n) is 11.8. The van der Waals surface area contributed by atoms with Crippen molar-refractivity contribution in [1.82, 2.24) is 0 Å². The van der Waals surface area contributed by atoms with Crippen LogP contribution in [0.3, 0.4) is 0 Å². The van der Waals surface area contributed by atoms with Crippen LogP contribution < -0.4 is 5.32 Å². The Hall–Kier alpha value is -1.32. The predicted molar refractivity (Wildman–Crippen MR) is 88.4 cm³/mol. The summed E-state index contributed by atoms with van der Waals surface area (Å²) < 4.78 is 7.27. The molecule has 2 aliphatic heterocycles. The standard InChI is InChI=1S/C18H18BrNO/c19-13-8-9-16-15(11-13)18-14(7-4-10-21-18)17(20-16)12-5-2-1-3-6-12/h1-3,5-6,8-9,11,14,17-18,20H,4,7,10H2. The number of hydrogen-bond donors (Lipinski definition) is 1. The molecule has 0 bridgehead atoms. The molecule has 2 aliphatic rings. The lowest BCUT2D eigenvalue weighted by atomic mass is 9.77. The van der Waals surface area contributed by atoms with Crippen LogP contribution in [0.15, 0.2) is 53.0 Å². The Morgan fingerprint density at radius 3 is 2.81 bits per heavy atom. The fraction of sp³-hybridized carbons (Fsp3) is 0.333. The molecule has 3 unspecified atom stereocenters. The van der Waals surface area contributed by atoms with Crippen molar-refractivity contribution in [1.29, 1.82) is 0 Å². The lowest BCUT2D eigenvalue weighted by Gasteiger charge is -2.43. The van der Waals surface area contributed by atoms with Crippen molar-refractivity contribution in [3.8, 4) is 0 Å². The van der Waals surface area contributed by atoms with E-state index in [-0.39, 0.29) is 6.10 Å². The van der Waals surface area contributed by atoms with Crippen LogP contribution in [0.4, 0.5) is 5.69 Å². The van der Waals surface area contributed by atoms with Gasteiger partial charge < -0.3 is 10.1 Å². The van der Waals surface area contributed by atoms with Gasteiger partial charge in [-0.25, -0.2) is 0 Å². The van der Waals surface area contributed by atoms with Crippen molar-refractivity contribution in [2.45, 2.75) is 25.0 Å². The monoisotopic (exact) mass is 343 g/mol. The molecule has 2 heterocycles. The minimum absolute atomic E-state index is 0.206. The Balaban J connectivity index is 1.79. The van der Waals surface area contributed by atoms with Gasteiger partial charge in [0, 0.05) is 28.2 Å². The molecule has 0 aromatic heterocycles. The highest BCUT2D eigenvalue weighted by Crippen LogP contribution is 2.49. The van der Waals surface area contributed by atoms with Gasteiger partial charge >= 0.3 is 0 Å². The molecule has 0 radical (unpaired) electrons. The number of rotatable bonds is 1. The van der Waals surface area contributed by atoms with E-state index in [4.69, 9.17) is 4.74 Å². The third-order valence-electron chi connectivity index (χ3n) is 4.59. The number of nitrogens with one attached hydrogen (secondary N) is 1. The van der Waals surface area contributed by atoms with Crippen molar-refractivity contribution < 1.29 is 4.74 Å². The normalized spacial score (nSPS) is 27.4. The fourth-order valence-electron chi connectivity index (χ4n) is 3.63. The summed E-state index contributed by atoms with van der Waals surface area (Å²) in [6.07, 6.45) is 2.57. The molecule has 4 rings (SSSR count). The molecule has 0 spiro atoms. The lowest BCUT2D eigenvalue weighted by Crippen LogP contribution is -2.35. The van der Waals surface area contributed by atoms with Crippen LogP contribution in [-0.2, 0) is 4.74 Å². The molecule has 1 fully saturated rings. The summed E-state index contributed by atoms with van der Waals surface area (Å²) in [5.41, 5.74) is 3.85. The largest absolute Gasteiger partial charge is 0.378 e. The minimum Gasteiger partial charge on any atom is -0.378 e. The van der Waals surface area contributed by atoms with E-state index in [0.29, 0.717) is 12.0 Å². The first-order chi connectivity index (χ1) is 10.3. The van der Waals surface area contributed by atoms with E-state index in [1.807, 2.05) is 0 Å². The summed E-state index contributed by atoms with van der Waals surface area (Å²) in [7, 11) is 0. The van der Waals surface area contributed by atoms with E-state index in [2.05, 4.69) is 69.8 Å². The first-order valence-electron chi connectivity index (χ1n) is 7.55. The van der Waals surface area contributed by atoms with Gasteiger partial charge in [0.15, 0.2) is 0 Å². The molecule has 3 atom stereocenters. The summed E-state index contributed by atoms with van der Waals surface area (Å²) in [6, 6.07) is 17.5. The fourth-order valence-corrected chi connectivity index (χ4v) is 4.01. The summed E-state index contributed by atoms with van der Waals surface area (Å²) in [4.78, 5) is 0.